The van der Waals surface area contributed by atoms with Gasteiger partial charge >= 0.3 is 0 Å². The van der Waals surface area contributed by atoms with Crippen molar-refractivity contribution in [1.82, 2.24) is 4.90 Å². The van der Waals surface area contributed by atoms with E-state index in [1.807, 2.05) is 4.90 Å². The second kappa shape index (κ2) is 4.01. The van der Waals surface area contributed by atoms with Crippen LogP contribution in [0.25, 0.3) is 0 Å². The summed E-state index contributed by atoms with van der Waals surface area (Å²) in [4.78, 5) is 2.03. The lowest BCUT2D eigenvalue weighted by molar-refractivity contribution is 0.0572. The number of hydrogen-bond acceptors (Lipinski definition) is 4. The third-order valence-electron chi connectivity index (χ3n) is 2.01. The quantitative estimate of drug-likeness (QED) is 0.464. The summed E-state index contributed by atoms with van der Waals surface area (Å²) < 4.78 is 0. The van der Waals surface area contributed by atoms with Crippen molar-refractivity contribution in [2.75, 3.05) is 26.2 Å². The zero-order valence-corrected chi connectivity index (χ0v) is 6.61. The third kappa shape index (κ3) is 2.41. The van der Waals surface area contributed by atoms with E-state index in [1.165, 1.54) is 0 Å². The molecule has 11 heavy (non-hydrogen) atoms. The number of aliphatic hydroxyl groups is 2. The maximum atomic E-state index is 9.14. The van der Waals surface area contributed by atoms with Gasteiger partial charge in [0, 0.05) is 13.1 Å². The van der Waals surface area contributed by atoms with Crippen LogP contribution in [0.2, 0.25) is 0 Å². The zero-order valence-electron chi connectivity index (χ0n) is 6.61. The Morgan fingerprint density at radius 2 is 1.82 bits per heavy atom. The van der Waals surface area contributed by atoms with Crippen molar-refractivity contribution < 1.29 is 10.2 Å². The lowest BCUT2D eigenvalue weighted by atomic mass is 10.3. The lowest BCUT2D eigenvalue weighted by Gasteiger charge is -2.12. The van der Waals surface area contributed by atoms with E-state index >= 15 is 0 Å². The first-order valence-corrected chi connectivity index (χ1v) is 4.02. The Hall–Kier alpha value is -0.160. The molecule has 0 unspecified atom stereocenters. The molecule has 0 bridgehead atoms. The van der Waals surface area contributed by atoms with Crippen molar-refractivity contribution in [1.29, 1.82) is 0 Å². The second-order valence-electron chi connectivity index (χ2n) is 3.04. The van der Waals surface area contributed by atoms with E-state index in [1.54, 1.807) is 0 Å². The van der Waals surface area contributed by atoms with E-state index in [4.69, 9.17) is 15.9 Å². The summed E-state index contributed by atoms with van der Waals surface area (Å²) in [5, 5.41) is 18.3. The van der Waals surface area contributed by atoms with Crippen molar-refractivity contribution in [3.8, 4) is 0 Å². The van der Waals surface area contributed by atoms with Crippen LogP contribution in [0.5, 0.6) is 0 Å². The van der Waals surface area contributed by atoms with Crippen molar-refractivity contribution in [3.63, 3.8) is 0 Å². The van der Waals surface area contributed by atoms with Gasteiger partial charge in [-0.1, -0.05) is 0 Å². The Morgan fingerprint density at radius 1 is 1.27 bits per heavy atom. The van der Waals surface area contributed by atoms with Gasteiger partial charge in [-0.05, 0) is 19.5 Å². The summed E-state index contributed by atoms with van der Waals surface area (Å²) in [6.07, 6.45) is -0.194. The SMILES string of the molecule is NCCCN1C[C@@H](O)[C@H](O)C1. The summed E-state index contributed by atoms with van der Waals surface area (Å²) >= 11 is 0. The predicted molar refractivity (Wildman–Crippen MR) is 42.1 cm³/mol. The molecule has 0 spiro atoms. The first-order chi connectivity index (χ1) is 5.24. The Balaban J connectivity index is 2.18. The standard InChI is InChI=1S/C7H16N2O2/c8-2-1-3-9-4-6(10)7(11)5-9/h6-7,10-11H,1-5,8H2/t6-,7-/m1/s1. The molecule has 1 aliphatic rings. The summed E-state index contributed by atoms with van der Waals surface area (Å²) in [6.45, 7) is 2.72. The van der Waals surface area contributed by atoms with Crippen LogP contribution in [0, 0.1) is 0 Å². The van der Waals surface area contributed by atoms with Crippen molar-refractivity contribution >= 4 is 0 Å². The first kappa shape index (κ1) is 8.93. The molecular formula is C7H16N2O2. The van der Waals surface area contributed by atoms with Gasteiger partial charge < -0.3 is 15.9 Å². The fourth-order valence-electron chi connectivity index (χ4n) is 1.34. The molecule has 1 heterocycles. The van der Waals surface area contributed by atoms with E-state index in [0.29, 0.717) is 19.6 Å². The first-order valence-electron chi connectivity index (χ1n) is 4.02. The van der Waals surface area contributed by atoms with Gasteiger partial charge in [0.2, 0.25) is 0 Å². The Labute approximate surface area is 66.6 Å². The Morgan fingerprint density at radius 3 is 2.27 bits per heavy atom. The van der Waals surface area contributed by atoms with Crippen LogP contribution in [0.1, 0.15) is 6.42 Å². The smallest absolute Gasteiger partial charge is 0.0938 e. The number of nitrogens with zero attached hydrogens (tertiary/aromatic N) is 1. The summed E-state index contributed by atoms with van der Waals surface area (Å²) in [7, 11) is 0. The normalized spacial score (nSPS) is 33.0. The molecule has 1 rings (SSSR count). The van der Waals surface area contributed by atoms with Crippen LogP contribution in [0.3, 0.4) is 0 Å². The van der Waals surface area contributed by atoms with E-state index in [0.717, 1.165) is 13.0 Å². The second-order valence-corrected chi connectivity index (χ2v) is 3.04. The van der Waals surface area contributed by atoms with Crippen LogP contribution >= 0.6 is 0 Å². The maximum absolute atomic E-state index is 9.14. The molecule has 4 nitrogen and oxygen atoms in total. The molecule has 4 N–H and O–H groups in total. The van der Waals surface area contributed by atoms with Gasteiger partial charge in [-0.25, -0.2) is 0 Å². The van der Waals surface area contributed by atoms with Crippen LogP contribution < -0.4 is 5.73 Å². The summed E-state index contributed by atoms with van der Waals surface area (Å²) in [5.41, 5.74) is 5.32. The molecule has 1 saturated heterocycles. The van der Waals surface area contributed by atoms with E-state index in [-0.39, 0.29) is 0 Å². The molecule has 1 aliphatic heterocycles. The summed E-state index contributed by atoms with van der Waals surface area (Å²) in [5.74, 6) is 0. The average molecular weight is 160 g/mol. The van der Waals surface area contributed by atoms with E-state index in [9.17, 15) is 0 Å². The number of β-amino-alcohol motifs (C(OH)–C–C–N with tert-alkyl or cyclic N) is 2. The van der Waals surface area contributed by atoms with Gasteiger partial charge in [-0.2, -0.15) is 0 Å². The number of rotatable bonds is 3. The number of hydrogen-bond donors (Lipinski definition) is 3. The fraction of sp³-hybridized carbons (Fsp3) is 1.00. The molecule has 0 aromatic carbocycles. The van der Waals surface area contributed by atoms with Gasteiger partial charge in [-0.3, -0.25) is 4.90 Å². The maximum Gasteiger partial charge on any atom is 0.0938 e. The number of likely N-dealkylation sites (tertiary alicyclic amines) is 1. The highest BCUT2D eigenvalue weighted by Crippen LogP contribution is 2.09. The number of nitrogens with two attached hydrogens (primary N) is 1. The minimum atomic E-state index is -0.562. The molecule has 0 aromatic rings. The van der Waals surface area contributed by atoms with Crippen LogP contribution in [0.15, 0.2) is 0 Å². The van der Waals surface area contributed by atoms with Crippen LogP contribution in [-0.2, 0) is 0 Å². The molecule has 1 fully saturated rings. The van der Waals surface area contributed by atoms with Crippen molar-refractivity contribution in [2.24, 2.45) is 5.73 Å². The van der Waals surface area contributed by atoms with Gasteiger partial charge in [0.15, 0.2) is 0 Å². The molecule has 0 saturated carbocycles. The lowest BCUT2D eigenvalue weighted by Crippen LogP contribution is -2.24. The molecular weight excluding hydrogens is 144 g/mol. The molecule has 0 radical (unpaired) electrons. The third-order valence-corrected chi connectivity index (χ3v) is 2.01. The fourth-order valence-corrected chi connectivity index (χ4v) is 1.34. The molecule has 66 valence electrons. The highest BCUT2D eigenvalue weighted by molar-refractivity contribution is 4.82. The van der Waals surface area contributed by atoms with Gasteiger partial charge in [0.1, 0.15) is 0 Å². The summed E-state index contributed by atoms with van der Waals surface area (Å²) in [6, 6.07) is 0. The minimum absolute atomic E-state index is 0.562. The largest absolute Gasteiger partial charge is 0.389 e. The molecule has 0 aromatic heterocycles. The number of aliphatic hydroxyl groups excluding tert-OH is 2. The monoisotopic (exact) mass is 160 g/mol. The van der Waals surface area contributed by atoms with E-state index < -0.39 is 12.2 Å². The van der Waals surface area contributed by atoms with Crippen molar-refractivity contribution in [3.05, 3.63) is 0 Å². The zero-order chi connectivity index (χ0) is 8.27. The predicted octanol–water partition coefficient (Wildman–Crippen LogP) is -1.63. The molecule has 2 atom stereocenters. The van der Waals surface area contributed by atoms with Gasteiger partial charge in [0.05, 0.1) is 12.2 Å². The van der Waals surface area contributed by atoms with E-state index in [2.05, 4.69) is 0 Å². The highest BCUT2D eigenvalue weighted by atomic mass is 16.3. The van der Waals surface area contributed by atoms with Gasteiger partial charge in [-0.15, -0.1) is 0 Å². The molecule has 0 amide bonds. The molecule has 4 heteroatoms. The molecule has 0 aliphatic carbocycles. The van der Waals surface area contributed by atoms with Crippen molar-refractivity contribution in [2.45, 2.75) is 18.6 Å². The highest BCUT2D eigenvalue weighted by Gasteiger charge is 2.28. The van der Waals surface area contributed by atoms with Crippen LogP contribution in [-0.4, -0.2) is 53.5 Å². The average Bonchev–Trinajstić information content (AvgIpc) is 2.28. The minimum Gasteiger partial charge on any atom is -0.389 e. The topological polar surface area (TPSA) is 69.7 Å². The van der Waals surface area contributed by atoms with Crippen LogP contribution in [0.4, 0.5) is 0 Å². The Bertz CT molecular complexity index is 111. The van der Waals surface area contributed by atoms with Gasteiger partial charge in [0.25, 0.3) is 0 Å². The Kier molecular flexibility index (Phi) is 3.26.